The van der Waals surface area contributed by atoms with Gasteiger partial charge in [-0.05, 0) is 6.07 Å². The molecular formula is C11H18Cl2N2O2. The molecule has 0 amide bonds. The summed E-state index contributed by atoms with van der Waals surface area (Å²) >= 11 is 5.91. The van der Waals surface area contributed by atoms with Crippen LogP contribution in [0.1, 0.15) is 5.56 Å². The van der Waals surface area contributed by atoms with Gasteiger partial charge in [0.2, 0.25) is 0 Å². The number of ether oxygens (including phenoxy) is 2. The number of rotatable bonds is 8. The third-order valence-corrected chi connectivity index (χ3v) is 2.35. The highest BCUT2D eigenvalue weighted by Gasteiger charge is 1.98. The fraction of sp³-hybridized carbons (Fsp3) is 0.545. The van der Waals surface area contributed by atoms with E-state index >= 15 is 0 Å². The van der Waals surface area contributed by atoms with Crippen molar-refractivity contribution in [1.82, 2.24) is 10.3 Å². The number of hydrogen-bond donors (Lipinski definition) is 1. The third kappa shape index (κ3) is 7.52. The molecule has 0 aliphatic heterocycles. The molecule has 1 rings (SSSR count). The van der Waals surface area contributed by atoms with Gasteiger partial charge in [-0.1, -0.05) is 17.7 Å². The summed E-state index contributed by atoms with van der Waals surface area (Å²) in [5, 5.41) is 3.78. The predicted octanol–water partition coefficient (Wildman–Crippen LogP) is 1.91. The first-order chi connectivity index (χ1) is 7.84. The molecule has 6 heteroatoms. The van der Waals surface area contributed by atoms with Crippen LogP contribution in [0.5, 0.6) is 0 Å². The van der Waals surface area contributed by atoms with Crippen molar-refractivity contribution in [2.75, 3.05) is 33.5 Å². The van der Waals surface area contributed by atoms with E-state index in [0.29, 0.717) is 31.5 Å². The number of pyridine rings is 1. The molecule has 0 atom stereocenters. The van der Waals surface area contributed by atoms with Gasteiger partial charge >= 0.3 is 0 Å². The van der Waals surface area contributed by atoms with Crippen molar-refractivity contribution in [1.29, 1.82) is 0 Å². The minimum Gasteiger partial charge on any atom is -0.382 e. The summed E-state index contributed by atoms with van der Waals surface area (Å²) in [6.07, 6.45) is 1.68. The molecule has 0 aliphatic rings. The Labute approximate surface area is 113 Å². The van der Waals surface area contributed by atoms with Crippen LogP contribution in [0.4, 0.5) is 0 Å². The van der Waals surface area contributed by atoms with E-state index in [9.17, 15) is 0 Å². The molecule has 1 aromatic heterocycles. The van der Waals surface area contributed by atoms with E-state index in [1.54, 1.807) is 13.3 Å². The lowest BCUT2D eigenvalue weighted by atomic mass is 10.3. The number of hydrogen-bond acceptors (Lipinski definition) is 4. The van der Waals surface area contributed by atoms with Gasteiger partial charge in [-0.25, -0.2) is 4.98 Å². The number of nitrogens with one attached hydrogen (secondary N) is 1. The fourth-order valence-electron chi connectivity index (χ4n) is 1.16. The Kier molecular flexibility index (Phi) is 10.5. The Balaban J connectivity index is 0.00000256. The highest BCUT2D eigenvalue weighted by molar-refractivity contribution is 6.30. The first-order valence-electron chi connectivity index (χ1n) is 5.21. The minimum atomic E-state index is 0. The van der Waals surface area contributed by atoms with Gasteiger partial charge < -0.3 is 14.8 Å². The van der Waals surface area contributed by atoms with Crippen LogP contribution in [-0.2, 0) is 16.0 Å². The largest absolute Gasteiger partial charge is 0.382 e. The lowest BCUT2D eigenvalue weighted by molar-refractivity contribution is 0.0719. The molecule has 0 saturated carbocycles. The maximum atomic E-state index is 5.91. The lowest BCUT2D eigenvalue weighted by Crippen LogP contribution is -2.20. The Morgan fingerprint density at radius 1 is 1.35 bits per heavy atom. The molecule has 0 spiro atoms. The van der Waals surface area contributed by atoms with E-state index in [1.807, 2.05) is 12.1 Å². The van der Waals surface area contributed by atoms with Crippen LogP contribution in [0.3, 0.4) is 0 Å². The second kappa shape index (κ2) is 10.7. The van der Waals surface area contributed by atoms with Crippen LogP contribution in [0, 0.1) is 0 Å². The van der Waals surface area contributed by atoms with Crippen LogP contribution < -0.4 is 5.32 Å². The maximum absolute atomic E-state index is 5.91. The van der Waals surface area contributed by atoms with Crippen LogP contribution in [0.25, 0.3) is 0 Å². The third-order valence-electron chi connectivity index (χ3n) is 2.01. The van der Waals surface area contributed by atoms with Gasteiger partial charge in [0.25, 0.3) is 0 Å². The minimum absolute atomic E-state index is 0. The van der Waals surface area contributed by atoms with Gasteiger partial charge in [-0.2, -0.15) is 0 Å². The van der Waals surface area contributed by atoms with Crippen LogP contribution >= 0.6 is 24.0 Å². The van der Waals surface area contributed by atoms with Crippen molar-refractivity contribution in [3.05, 3.63) is 29.0 Å². The predicted molar refractivity (Wildman–Crippen MR) is 70.9 cm³/mol. The SMILES string of the molecule is COCCOCCNCc1cccnc1Cl.Cl. The highest BCUT2D eigenvalue weighted by Crippen LogP contribution is 2.10. The first kappa shape index (κ1) is 16.6. The zero-order valence-electron chi connectivity index (χ0n) is 9.82. The molecule has 0 fully saturated rings. The van der Waals surface area contributed by atoms with Gasteiger partial charge in [-0.3, -0.25) is 0 Å². The first-order valence-corrected chi connectivity index (χ1v) is 5.59. The van der Waals surface area contributed by atoms with E-state index in [2.05, 4.69) is 10.3 Å². The molecule has 0 aromatic carbocycles. The highest BCUT2D eigenvalue weighted by atomic mass is 35.5. The van der Waals surface area contributed by atoms with E-state index < -0.39 is 0 Å². The average Bonchev–Trinajstić information content (AvgIpc) is 2.30. The Morgan fingerprint density at radius 3 is 2.88 bits per heavy atom. The van der Waals surface area contributed by atoms with Gasteiger partial charge in [0, 0.05) is 32.0 Å². The van der Waals surface area contributed by atoms with Crippen molar-refractivity contribution in [2.45, 2.75) is 6.54 Å². The normalized spacial score (nSPS) is 10.0. The molecule has 1 aromatic rings. The summed E-state index contributed by atoms with van der Waals surface area (Å²) in [4.78, 5) is 4.00. The molecule has 1 N–H and O–H groups in total. The second-order valence-electron chi connectivity index (χ2n) is 3.24. The van der Waals surface area contributed by atoms with E-state index in [1.165, 1.54) is 0 Å². The van der Waals surface area contributed by atoms with E-state index in [-0.39, 0.29) is 12.4 Å². The van der Waals surface area contributed by atoms with Crippen LogP contribution in [0.15, 0.2) is 18.3 Å². The molecule has 0 radical (unpaired) electrons. The molecule has 98 valence electrons. The van der Waals surface area contributed by atoms with E-state index in [0.717, 1.165) is 12.1 Å². The molecule has 1 heterocycles. The quantitative estimate of drug-likeness (QED) is 0.584. The summed E-state index contributed by atoms with van der Waals surface area (Å²) < 4.78 is 10.2. The smallest absolute Gasteiger partial charge is 0.133 e. The number of halogens is 2. The summed E-state index contributed by atoms with van der Waals surface area (Å²) in [5.41, 5.74) is 1.00. The maximum Gasteiger partial charge on any atom is 0.133 e. The zero-order chi connectivity index (χ0) is 11.6. The van der Waals surface area contributed by atoms with Crippen molar-refractivity contribution in [3.8, 4) is 0 Å². The monoisotopic (exact) mass is 280 g/mol. The van der Waals surface area contributed by atoms with E-state index in [4.69, 9.17) is 21.1 Å². The van der Waals surface area contributed by atoms with Crippen molar-refractivity contribution in [2.24, 2.45) is 0 Å². The number of nitrogens with zero attached hydrogens (tertiary/aromatic N) is 1. The van der Waals surface area contributed by atoms with Crippen LogP contribution in [-0.4, -0.2) is 38.5 Å². The number of methoxy groups -OCH3 is 1. The van der Waals surface area contributed by atoms with Gasteiger partial charge in [0.15, 0.2) is 0 Å². The van der Waals surface area contributed by atoms with Gasteiger partial charge in [0.05, 0.1) is 19.8 Å². The zero-order valence-corrected chi connectivity index (χ0v) is 11.4. The summed E-state index contributed by atoms with van der Waals surface area (Å²) in [7, 11) is 1.66. The topological polar surface area (TPSA) is 43.4 Å². The molecule has 0 aliphatic carbocycles. The lowest BCUT2D eigenvalue weighted by Gasteiger charge is -2.06. The van der Waals surface area contributed by atoms with Crippen LogP contribution in [0.2, 0.25) is 5.15 Å². The molecule has 0 unspecified atom stereocenters. The Morgan fingerprint density at radius 2 is 2.18 bits per heavy atom. The standard InChI is InChI=1S/C11H17ClN2O2.ClH/c1-15-7-8-16-6-5-13-9-10-3-2-4-14-11(10)12;/h2-4,13H,5-9H2,1H3;1H. The van der Waals surface area contributed by atoms with Gasteiger partial charge in [0.1, 0.15) is 5.15 Å². The summed E-state index contributed by atoms with van der Waals surface area (Å²) in [6.45, 7) is 3.43. The average molecular weight is 281 g/mol. The summed E-state index contributed by atoms with van der Waals surface area (Å²) in [5.74, 6) is 0. The fourth-order valence-corrected chi connectivity index (χ4v) is 1.35. The Bertz CT molecular complexity index is 301. The molecule has 0 saturated heterocycles. The number of aromatic nitrogens is 1. The molecule has 0 bridgehead atoms. The molecular weight excluding hydrogens is 263 g/mol. The van der Waals surface area contributed by atoms with Crippen molar-refractivity contribution < 1.29 is 9.47 Å². The summed E-state index contributed by atoms with van der Waals surface area (Å²) in [6, 6.07) is 3.83. The second-order valence-corrected chi connectivity index (χ2v) is 3.59. The van der Waals surface area contributed by atoms with Gasteiger partial charge in [-0.15, -0.1) is 12.4 Å². The van der Waals surface area contributed by atoms with Crippen molar-refractivity contribution >= 4 is 24.0 Å². The molecule has 17 heavy (non-hydrogen) atoms. The Hall–Kier alpha value is -0.390. The molecule has 4 nitrogen and oxygen atoms in total. The van der Waals surface area contributed by atoms with Crippen molar-refractivity contribution in [3.63, 3.8) is 0 Å².